The van der Waals surface area contributed by atoms with Crippen molar-refractivity contribution >= 4 is 17.4 Å². The second kappa shape index (κ2) is 4.35. The minimum absolute atomic E-state index is 0.304. The van der Waals surface area contributed by atoms with E-state index in [0.29, 0.717) is 11.3 Å². The van der Waals surface area contributed by atoms with Gasteiger partial charge in [-0.15, -0.1) is 11.6 Å². The van der Waals surface area contributed by atoms with E-state index in [1.54, 1.807) is 12.4 Å². The fraction of sp³-hybridized carbons (Fsp3) is 0.636. The summed E-state index contributed by atoms with van der Waals surface area (Å²) in [5.74, 6) is 1.52. The van der Waals surface area contributed by atoms with E-state index < -0.39 is 0 Å². The molecule has 1 aromatic heterocycles. The van der Waals surface area contributed by atoms with Crippen molar-refractivity contribution in [3.05, 3.63) is 18.1 Å². The molecule has 1 aliphatic heterocycles. The average molecular weight is 226 g/mol. The summed E-state index contributed by atoms with van der Waals surface area (Å²) >= 11 is 6.20. The van der Waals surface area contributed by atoms with Gasteiger partial charge >= 0.3 is 0 Å². The predicted octanol–water partition coefficient (Wildman–Crippen LogP) is 2.24. The van der Waals surface area contributed by atoms with Gasteiger partial charge in [-0.05, 0) is 19.3 Å². The molecule has 4 heteroatoms. The van der Waals surface area contributed by atoms with Crippen molar-refractivity contribution in [2.75, 3.05) is 18.0 Å². The molecule has 1 fully saturated rings. The first kappa shape index (κ1) is 10.7. The molecule has 1 saturated heterocycles. The van der Waals surface area contributed by atoms with Crippen molar-refractivity contribution in [1.82, 2.24) is 9.97 Å². The molecule has 0 aliphatic carbocycles. The molecule has 3 nitrogen and oxygen atoms in total. The maximum absolute atomic E-state index is 6.20. The fourth-order valence-electron chi connectivity index (χ4n) is 2.02. The number of aromatic nitrogens is 2. The van der Waals surface area contributed by atoms with Gasteiger partial charge in [-0.3, -0.25) is 4.98 Å². The Bertz CT molecular complexity index is 342. The molecule has 2 heterocycles. The van der Waals surface area contributed by atoms with Gasteiger partial charge in [-0.25, -0.2) is 4.98 Å². The van der Waals surface area contributed by atoms with Crippen molar-refractivity contribution < 1.29 is 0 Å². The quantitative estimate of drug-likeness (QED) is 0.687. The van der Waals surface area contributed by atoms with Gasteiger partial charge in [0.15, 0.2) is 0 Å². The van der Waals surface area contributed by atoms with Gasteiger partial charge in [-0.2, -0.15) is 0 Å². The number of nitrogens with zero attached hydrogens (tertiary/aromatic N) is 3. The summed E-state index contributed by atoms with van der Waals surface area (Å²) in [4.78, 5) is 10.9. The molecule has 2 rings (SSSR count). The second-order valence-electron chi connectivity index (χ2n) is 4.19. The van der Waals surface area contributed by atoms with Gasteiger partial charge in [0.05, 0.1) is 5.69 Å². The van der Waals surface area contributed by atoms with E-state index in [-0.39, 0.29) is 0 Å². The summed E-state index contributed by atoms with van der Waals surface area (Å²) in [6, 6.07) is 0. The topological polar surface area (TPSA) is 29.0 Å². The maximum Gasteiger partial charge on any atom is 0.150 e. The van der Waals surface area contributed by atoms with Crippen LogP contribution in [-0.4, -0.2) is 28.4 Å². The molecule has 0 saturated carbocycles. The molecular formula is C11H16ClN3. The van der Waals surface area contributed by atoms with Crippen LogP contribution in [0, 0.1) is 12.8 Å². The molecule has 0 amide bonds. The standard InChI is InChI=1S/C11H16ClN3/c1-8-7-15(6-3-10(8)12)11-9(2)13-4-5-14-11/h4-5,8,10H,3,6-7H2,1-2H3. The third-order valence-corrected chi connectivity index (χ3v) is 3.60. The number of anilines is 1. The van der Waals surface area contributed by atoms with Crippen molar-refractivity contribution in [3.63, 3.8) is 0 Å². The Morgan fingerprint density at radius 1 is 1.40 bits per heavy atom. The van der Waals surface area contributed by atoms with E-state index in [4.69, 9.17) is 11.6 Å². The van der Waals surface area contributed by atoms with E-state index in [2.05, 4.69) is 21.8 Å². The Morgan fingerprint density at radius 3 is 2.80 bits per heavy atom. The van der Waals surface area contributed by atoms with Crippen LogP contribution in [0.5, 0.6) is 0 Å². The van der Waals surface area contributed by atoms with Gasteiger partial charge in [-0.1, -0.05) is 6.92 Å². The number of rotatable bonds is 1. The smallest absolute Gasteiger partial charge is 0.150 e. The summed E-state index contributed by atoms with van der Waals surface area (Å²) in [5.41, 5.74) is 0.998. The Labute approximate surface area is 95.5 Å². The van der Waals surface area contributed by atoms with Crippen LogP contribution in [0.25, 0.3) is 0 Å². The Hall–Kier alpha value is -0.830. The van der Waals surface area contributed by atoms with Crippen LogP contribution in [-0.2, 0) is 0 Å². The third kappa shape index (κ3) is 2.23. The first-order valence-electron chi connectivity index (χ1n) is 5.35. The number of hydrogen-bond donors (Lipinski definition) is 0. The van der Waals surface area contributed by atoms with Crippen LogP contribution in [0.4, 0.5) is 5.82 Å². The summed E-state index contributed by atoms with van der Waals surface area (Å²) in [6.45, 7) is 6.15. The van der Waals surface area contributed by atoms with Crippen molar-refractivity contribution in [1.29, 1.82) is 0 Å². The van der Waals surface area contributed by atoms with E-state index in [0.717, 1.165) is 31.0 Å². The van der Waals surface area contributed by atoms with Crippen LogP contribution >= 0.6 is 11.6 Å². The van der Waals surface area contributed by atoms with E-state index in [9.17, 15) is 0 Å². The molecule has 82 valence electrons. The molecule has 0 N–H and O–H groups in total. The molecule has 15 heavy (non-hydrogen) atoms. The maximum atomic E-state index is 6.20. The van der Waals surface area contributed by atoms with E-state index in [1.165, 1.54) is 0 Å². The molecule has 0 aromatic carbocycles. The zero-order valence-electron chi connectivity index (χ0n) is 9.15. The lowest BCUT2D eigenvalue weighted by atomic mass is 9.99. The summed E-state index contributed by atoms with van der Waals surface area (Å²) in [6.07, 6.45) is 4.51. The Kier molecular flexibility index (Phi) is 3.10. The minimum Gasteiger partial charge on any atom is -0.355 e. The SMILES string of the molecule is Cc1nccnc1N1CCC(Cl)C(C)C1. The molecule has 0 radical (unpaired) electrons. The fourth-order valence-corrected chi connectivity index (χ4v) is 2.20. The number of aryl methyl sites for hydroxylation is 1. The van der Waals surface area contributed by atoms with Crippen LogP contribution < -0.4 is 4.90 Å². The lowest BCUT2D eigenvalue weighted by Gasteiger charge is -2.35. The van der Waals surface area contributed by atoms with Gasteiger partial charge < -0.3 is 4.90 Å². The summed E-state index contributed by atoms with van der Waals surface area (Å²) in [5, 5.41) is 0.304. The Balaban J connectivity index is 2.15. The van der Waals surface area contributed by atoms with Gasteiger partial charge in [0.2, 0.25) is 0 Å². The number of halogens is 1. The number of piperidine rings is 1. The van der Waals surface area contributed by atoms with E-state index >= 15 is 0 Å². The largest absolute Gasteiger partial charge is 0.355 e. The summed E-state index contributed by atoms with van der Waals surface area (Å²) in [7, 11) is 0. The second-order valence-corrected chi connectivity index (χ2v) is 4.75. The first-order chi connectivity index (χ1) is 7.18. The summed E-state index contributed by atoms with van der Waals surface area (Å²) < 4.78 is 0. The van der Waals surface area contributed by atoms with Gasteiger partial charge in [0.1, 0.15) is 5.82 Å². The van der Waals surface area contributed by atoms with Gasteiger partial charge in [0.25, 0.3) is 0 Å². The molecule has 0 bridgehead atoms. The normalized spacial score (nSPS) is 26.7. The highest BCUT2D eigenvalue weighted by atomic mass is 35.5. The molecule has 2 atom stereocenters. The van der Waals surface area contributed by atoms with E-state index in [1.807, 2.05) is 6.92 Å². The van der Waals surface area contributed by atoms with Crippen molar-refractivity contribution in [2.24, 2.45) is 5.92 Å². The molecule has 0 spiro atoms. The highest BCUT2D eigenvalue weighted by molar-refractivity contribution is 6.20. The van der Waals surface area contributed by atoms with Crippen molar-refractivity contribution in [3.8, 4) is 0 Å². The monoisotopic (exact) mass is 225 g/mol. The lowest BCUT2D eigenvalue weighted by molar-refractivity contribution is 0.451. The first-order valence-corrected chi connectivity index (χ1v) is 5.78. The zero-order valence-corrected chi connectivity index (χ0v) is 9.91. The molecule has 1 aromatic rings. The molecule has 1 aliphatic rings. The van der Waals surface area contributed by atoms with Crippen LogP contribution in [0.1, 0.15) is 19.0 Å². The predicted molar refractivity (Wildman–Crippen MR) is 62.4 cm³/mol. The van der Waals surface area contributed by atoms with Gasteiger partial charge in [0, 0.05) is 30.9 Å². The van der Waals surface area contributed by atoms with Crippen molar-refractivity contribution in [2.45, 2.75) is 25.6 Å². The lowest BCUT2D eigenvalue weighted by Crippen LogP contribution is -2.40. The highest BCUT2D eigenvalue weighted by Crippen LogP contribution is 2.25. The molecular weight excluding hydrogens is 210 g/mol. The van der Waals surface area contributed by atoms with Crippen LogP contribution in [0.2, 0.25) is 0 Å². The average Bonchev–Trinajstić information content (AvgIpc) is 2.23. The number of alkyl halides is 1. The third-order valence-electron chi connectivity index (χ3n) is 2.96. The Morgan fingerprint density at radius 2 is 2.13 bits per heavy atom. The minimum atomic E-state index is 0.304. The highest BCUT2D eigenvalue weighted by Gasteiger charge is 2.25. The zero-order chi connectivity index (χ0) is 10.8. The molecule has 2 unspecified atom stereocenters. The van der Waals surface area contributed by atoms with Crippen LogP contribution in [0.15, 0.2) is 12.4 Å². The number of hydrogen-bond acceptors (Lipinski definition) is 3. The van der Waals surface area contributed by atoms with Crippen LogP contribution in [0.3, 0.4) is 0 Å².